The molecule has 0 aromatic heterocycles. The van der Waals surface area contributed by atoms with Crippen molar-refractivity contribution in [3.63, 3.8) is 0 Å². The molecule has 12 heteroatoms. The number of hydrogen-bond acceptors (Lipinski definition) is 7. The van der Waals surface area contributed by atoms with Crippen LogP contribution in [0.4, 0.5) is 0 Å². The SMILES string of the molecule is CC(=O)N[C@@H]1C/C=C\[C@H](Cc2ccccc2)NC(=O)[C@H](CC(C)C)NC(=O)[C@H](CO)NC(=O)[C@H](CO)NC1=O. The summed E-state index contributed by atoms with van der Waals surface area (Å²) in [6.07, 6.45) is 4.11. The molecule has 0 spiro atoms. The Hall–Kier alpha value is -3.77. The molecule has 7 N–H and O–H groups in total. The largest absolute Gasteiger partial charge is 0.394 e. The van der Waals surface area contributed by atoms with Gasteiger partial charge in [0.25, 0.3) is 0 Å². The van der Waals surface area contributed by atoms with Gasteiger partial charge in [-0.3, -0.25) is 24.0 Å². The van der Waals surface area contributed by atoms with Gasteiger partial charge < -0.3 is 36.8 Å². The summed E-state index contributed by atoms with van der Waals surface area (Å²) in [5, 5.41) is 32.2. The number of carbonyl (C=O) groups is 5. The molecule has 1 heterocycles. The van der Waals surface area contributed by atoms with E-state index in [-0.39, 0.29) is 12.3 Å². The van der Waals surface area contributed by atoms with Crippen molar-refractivity contribution < 1.29 is 34.2 Å². The highest BCUT2D eigenvalue weighted by molar-refractivity contribution is 5.95. The fraction of sp³-hybridized carbons (Fsp3) is 0.519. The molecule has 0 aliphatic carbocycles. The Bertz CT molecular complexity index is 1030. The fourth-order valence-corrected chi connectivity index (χ4v) is 4.08. The molecule has 39 heavy (non-hydrogen) atoms. The lowest BCUT2D eigenvalue weighted by Gasteiger charge is -2.27. The third-order valence-corrected chi connectivity index (χ3v) is 6.03. The number of hydrogen-bond donors (Lipinski definition) is 7. The summed E-state index contributed by atoms with van der Waals surface area (Å²) in [6.45, 7) is 3.44. The molecule has 1 aliphatic heterocycles. The van der Waals surface area contributed by atoms with Gasteiger partial charge in [0.05, 0.1) is 19.3 Å². The first-order chi connectivity index (χ1) is 18.5. The van der Waals surface area contributed by atoms with E-state index >= 15 is 0 Å². The Kier molecular flexibility index (Phi) is 12.6. The fourth-order valence-electron chi connectivity index (χ4n) is 4.08. The molecule has 1 aromatic carbocycles. The molecule has 0 saturated heterocycles. The second kappa shape index (κ2) is 15.6. The number of aliphatic hydroxyl groups is 2. The second-order valence-electron chi connectivity index (χ2n) is 9.90. The molecule has 0 radical (unpaired) electrons. The van der Waals surface area contributed by atoms with Gasteiger partial charge in [-0.1, -0.05) is 56.3 Å². The van der Waals surface area contributed by atoms with Gasteiger partial charge >= 0.3 is 0 Å². The Morgan fingerprint density at radius 2 is 1.41 bits per heavy atom. The molecule has 2 rings (SSSR count). The van der Waals surface area contributed by atoms with Crippen LogP contribution in [-0.2, 0) is 30.4 Å². The average Bonchev–Trinajstić information content (AvgIpc) is 2.88. The highest BCUT2D eigenvalue weighted by Gasteiger charge is 2.31. The van der Waals surface area contributed by atoms with Crippen LogP contribution in [0.1, 0.15) is 39.2 Å². The van der Waals surface area contributed by atoms with Gasteiger partial charge in [-0.05, 0) is 30.7 Å². The molecule has 214 valence electrons. The van der Waals surface area contributed by atoms with E-state index in [1.165, 1.54) is 6.92 Å². The summed E-state index contributed by atoms with van der Waals surface area (Å²) in [5.74, 6) is -3.36. The second-order valence-corrected chi connectivity index (χ2v) is 9.90. The Balaban J connectivity index is 2.46. The van der Waals surface area contributed by atoms with Crippen molar-refractivity contribution in [3.05, 3.63) is 48.0 Å². The van der Waals surface area contributed by atoms with Gasteiger partial charge in [0.1, 0.15) is 24.2 Å². The maximum Gasteiger partial charge on any atom is 0.245 e. The van der Waals surface area contributed by atoms with E-state index in [9.17, 15) is 34.2 Å². The topological polar surface area (TPSA) is 186 Å². The minimum absolute atomic E-state index is 0.0318. The number of nitrogens with one attached hydrogen (secondary N) is 5. The van der Waals surface area contributed by atoms with Crippen LogP contribution in [0.25, 0.3) is 0 Å². The minimum Gasteiger partial charge on any atom is -0.394 e. The summed E-state index contributed by atoms with van der Waals surface area (Å²) >= 11 is 0. The number of amides is 5. The highest BCUT2D eigenvalue weighted by Crippen LogP contribution is 2.10. The average molecular weight is 546 g/mol. The molecule has 0 saturated carbocycles. The van der Waals surface area contributed by atoms with E-state index in [1.807, 2.05) is 44.2 Å². The molecule has 5 atom stereocenters. The first-order valence-corrected chi connectivity index (χ1v) is 12.9. The van der Waals surface area contributed by atoms with E-state index in [4.69, 9.17) is 0 Å². The van der Waals surface area contributed by atoms with Crippen molar-refractivity contribution >= 4 is 29.5 Å². The lowest BCUT2D eigenvalue weighted by molar-refractivity contribution is -0.135. The van der Waals surface area contributed by atoms with Gasteiger partial charge in [0.2, 0.25) is 29.5 Å². The van der Waals surface area contributed by atoms with Crippen molar-refractivity contribution in [1.82, 2.24) is 26.6 Å². The lowest BCUT2D eigenvalue weighted by atomic mass is 10.0. The smallest absolute Gasteiger partial charge is 0.245 e. The van der Waals surface area contributed by atoms with Gasteiger partial charge in [0.15, 0.2) is 0 Å². The van der Waals surface area contributed by atoms with Crippen molar-refractivity contribution in [3.8, 4) is 0 Å². The number of aliphatic hydroxyl groups excluding tert-OH is 2. The van der Waals surface area contributed by atoms with Crippen LogP contribution in [0.2, 0.25) is 0 Å². The van der Waals surface area contributed by atoms with Crippen LogP contribution in [0.5, 0.6) is 0 Å². The van der Waals surface area contributed by atoms with E-state index in [1.54, 1.807) is 12.2 Å². The van der Waals surface area contributed by atoms with Gasteiger partial charge in [-0.25, -0.2) is 0 Å². The molecule has 1 aromatic rings. The normalized spacial score (nSPS) is 26.2. The Labute approximate surface area is 228 Å². The number of carbonyl (C=O) groups excluding carboxylic acids is 5. The molecule has 5 amide bonds. The van der Waals surface area contributed by atoms with Crippen molar-refractivity contribution in [2.45, 2.75) is 70.2 Å². The third-order valence-electron chi connectivity index (χ3n) is 6.03. The Morgan fingerprint density at radius 1 is 0.872 bits per heavy atom. The first kappa shape index (κ1) is 31.4. The van der Waals surface area contributed by atoms with E-state index in [0.717, 1.165) is 5.56 Å². The standard InChI is InChI=1S/C27H39N5O7/c1-16(2)12-21-25(37)29-19(13-18-8-5-4-6-9-18)10-7-11-20(28-17(3)35)24(36)31-23(15-34)27(39)32-22(14-33)26(38)30-21/h4-10,16,19-23,33-34H,11-15H2,1-3H3,(H,28,35)(H,29,37)(H,30,38)(H,31,36)(H,32,39)/b10-7-/t19-,20-,21+,22+,23+/m1/s1. The first-order valence-electron chi connectivity index (χ1n) is 12.9. The number of benzene rings is 1. The summed E-state index contributed by atoms with van der Waals surface area (Å²) in [6, 6.07) is 3.99. The summed E-state index contributed by atoms with van der Waals surface area (Å²) in [4.78, 5) is 63.6. The predicted octanol–water partition coefficient (Wildman–Crippen LogP) is -1.34. The zero-order chi connectivity index (χ0) is 28.9. The monoisotopic (exact) mass is 545 g/mol. The molecule has 0 bridgehead atoms. The minimum atomic E-state index is -1.45. The molecule has 12 nitrogen and oxygen atoms in total. The summed E-state index contributed by atoms with van der Waals surface area (Å²) in [5.41, 5.74) is 0.941. The van der Waals surface area contributed by atoms with E-state index in [0.29, 0.717) is 12.8 Å². The van der Waals surface area contributed by atoms with Gasteiger partial charge in [-0.15, -0.1) is 0 Å². The van der Waals surface area contributed by atoms with Crippen molar-refractivity contribution in [2.24, 2.45) is 5.92 Å². The van der Waals surface area contributed by atoms with Crippen LogP contribution in [0.3, 0.4) is 0 Å². The Morgan fingerprint density at radius 3 is 1.95 bits per heavy atom. The zero-order valence-electron chi connectivity index (χ0n) is 22.5. The van der Waals surface area contributed by atoms with Gasteiger partial charge in [-0.2, -0.15) is 0 Å². The van der Waals surface area contributed by atoms with Crippen LogP contribution >= 0.6 is 0 Å². The van der Waals surface area contributed by atoms with Gasteiger partial charge in [0, 0.05) is 6.92 Å². The van der Waals surface area contributed by atoms with Crippen LogP contribution in [-0.4, -0.2) is 83.2 Å². The van der Waals surface area contributed by atoms with E-state index in [2.05, 4.69) is 26.6 Å². The van der Waals surface area contributed by atoms with Crippen LogP contribution in [0.15, 0.2) is 42.5 Å². The molecule has 0 fully saturated rings. The predicted molar refractivity (Wildman–Crippen MR) is 143 cm³/mol. The molecular formula is C27H39N5O7. The summed E-state index contributed by atoms with van der Waals surface area (Å²) in [7, 11) is 0. The maximum absolute atomic E-state index is 13.3. The molecule has 1 aliphatic rings. The summed E-state index contributed by atoms with van der Waals surface area (Å²) < 4.78 is 0. The van der Waals surface area contributed by atoms with Crippen LogP contribution in [0, 0.1) is 5.92 Å². The zero-order valence-corrected chi connectivity index (χ0v) is 22.5. The molecule has 0 unspecified atom stereocenters. The maximum atomic E-state index is 13.3. The van der Waals surface area contributed by atoms with Crippen LogP contribution < -0.4 is 26.6 Å². The van der Waals surface area contributed by atoms with E-state index < -0.39 is 73.0 Å². The number of rotatable bonds is 7. The van der Waals surface area contributed by atoms with Crippen molar-refractivity contribution in [1.29, 1.82) is 0 Å². The van der Waals surface area contributed by atoms with Crippen molar-refractivity contribution in [2.75, 3.05) is 13.2 Å². The highest BCUT2D eigenvalue weighted by atomic mass is 16.3. The lowest BCUT2D eigenvalue weighted by Crippen LogP contribution is -2.60. The quantitative estimate of drug-likeness (QED) is 0.207. The molecular weight excluding hydrogens is 506 g/mol. The third kappa shape index (κ3) is 10.5.